The maximum atomic E-state index is 12.6. The van der Waals surface area contributed by atoms with Crippen molar-refractivity contribution in [1.29, 1.82) is 0 Å². The molecule has 0 aromatic heterocycles. The molecule has 3 rings (SSSR count). The topological polar surface area (TPSA) is 81.7 Å². The molecule has 2 aromatic carbocycles. The predicted octanol–water partition coefficient (Wildman–Crippen LogP) is 3.82. The van der Waals surface area contributed by atoms with Crippen LogP contribution in [0.15, 0.2) is 53.4 Å². The molecule has 2 aromatic rings. The number of hydrogen-bond donors (Lipinski definition) is 1. The molecule has 0 atom stereocenters. The van der Waals surface area contributed by atoms with E-state index in [0.717, 1.165) is 31.4 Å². The molecule has 28 heavy (non-hydrogen) atoms. The zero-order chi connectivity index (χ0) is 20.0. The highest BCUT2D eigenvalue weighted by Gasteiger charge is 2.30. The Morgan fingerprint density at radius 3 is 2.11 bits per heavy atom. The molecule has 1 saturated carbocycles. The maximum Gasteiger partial charge on any atom is 0.262 e. The first kappa shape index (κ1) is 20.2. The largest absolute Gasteiger partial charge is 0.494 e. The monoisotopic (exact) mass is 403 g/mol. The van der Waals surface area contributed by atoms with E-state index in [2.05, 4.69) is 5.32 Å². The van der Waals surface area contributed by atoms with Crippen molar-refractivity contribution in [3.8, 4) is 11.5 Å². The molecule has 0 unspecified atom stereocenters. The number of sulfone groups is 1. The number of carbonyl (C=O) groups excluding carboxylic acids is 1. The molecule has 6 nitrogen and oxygen atoms in total. The van der Waals surface area contributed by atoms with Crippen LogP contribution in [-0.2, 0) is 14.6 Å². The quantitative estimate of drug-likeness (QED) is 0.725. The van der Waals surface area contributed by atoms with Gasteiger partial charge in [-0.2, -0.15) is 0 Å². The highest BCUT2D eigenvalue weighted by atomic mass is 32.2. The Labute approximate surface area is 165 Å². The lowest BCUT2D eigenvalue weighted by molar-refractivity contribution is -0.118. The highest BCUT2D eigenvalue weighted by molar-refractivity contribution is 7.92. The first-order chi connectivity index (χ1) is 13.5. The molecular formula is C21H25NO5S. The van der Waals surface area contributed by atoms with E-state index in [-0.39, 0.29) is 17.8 Å². The summed E-state index contributed by atoms with van der Waals surface area (Å²) in [5, 5.41) is 2.43. The average Bonchev–Trinajstić information content (AvgIpc) is 3.24. The number of hydrogen-bond acceptors (Lipinski definition) is 5. The summed E-state index contributed by atoms with van der Waals surface area (Å²) in [5.41, 5.74) is 0.533. The standard InChI is InChI=1S/C21H25NO5S/c1-2-26-17-9-11-18(12-10-17)27-15-21(23)22-16-7-13-20(14-8-16)28(24,25)19-5-3-4-6-19/h7-14,19H,2-6,15H2,1H3,(H,22,23). The Balaban J connectivity index is 1.52. The van der Waals surface area contributed by atoms with Crippen molar-refractivity contribution in [2.75, 3.05) is 18.5 Å². The molecule has 1 N–H and O–H groups in total. The van der Waals surface area contributed by atoms with Crippen molar-refractivity contribution in [3.63, 3.8) is 0 Å². The molecule has 1 aliphatic rings. The van der Waals surface area contributed by atoms with Crippen molar-refractivity contribution in [1.82, 2.24) is 0 Å². The first-order valence-corrected chi connectivity index (χ1v) is 11.0. The maximum absolute atomic E-state index is 12.6. The molecule has 7 heteroatoms. The number of carbonyl (C=O) groups is 1. The summed E-state index contributed by atoms with van der Waals surface area (Å²) in [5.74, 6) is 0.990. The highest BCUT2D eigenvalue weighted by Crippen LogP contribution is 2.30. The Kier molecular flexibility index (Phi) is 6.57. The van der Waals surface area contributed by atoms with E-state index in [1.807, 2.05) is 6.92 Å². The van der Waals surface area contributed by atoms with Gasteiger partial charge in [0.2, 0.25) is 0 Å². The fraction of sp³-hybridized carbons (Fsp3) is 0.381. The van der Waals surface area contributed by atoms with Crippen molar-refractivity contribution in [3.05, 3.63) is 48.5 Å². The van der Waals surface area contributed by atoms with Gasteiger partial charge in [-0.25, -0.2) is 8.42 Å². The van der Waals surface area contributed by atoms with Gasteiger partial charge in [0.15, 0.2) is 16.4 Å². The molecule has 1 aliphatic carbocycles. The summed E-state index contributed by atoms with van der Waals surface area (Å²) >= 11 is 0. The average molecular weight is 404 g/mol. The third-order valence-corrected chi connectivity index (χ3v) is 6.99. The third kappa shape index (κ3) is 5.04. The third-order valence-electron chi connectivity index (χ3n) is 4.71. The van der Waals surface area contributed by atoms with Crippen LogP contribution in [0.5, 0.6) is 11.5 Å². The molecule has 0 bridgehead atoms. The van der Waals surface area contributed by atoms with Crippen molar-refractivity contribution in [2.45, 2.75) is 42.8 Å². The van der Waals surface area contributed by atoms with Crippen molar-refractivity contribution < 1.29 is 22.7 Å². The summed E-state index contributed by atoms with van der Waals surface area (Å²) in [6, 6.07) is 13.3. The summed E-state index contributed by atoms with van der Waals surface area (Å²) in [6.07, 6.45) is 3.38. The van der Waals surface area contributed by atoms with Gasteiger partial charge in [0.25, 0.3) is 5.91 Å². The molecule has 1 amide bonds. The fourth-order valence-electron chi connectivity index (χ4n) is 3.26. The van der Waals surface area contributed by atoms with Crippen LogP contribution in [0.3, 0.4) is 0 Å². The van der Waals surface area contributed by atoms with Crippen LogP contribution in [-0.4, -0.2) is 32.8 Å². The van der Waals surface area contributed by atoms with Crippen LogP contribution < -0.4 is 14.8 Å². The van der Waals surface area contributed by atoms with Gasteiger partial charge in [-0.05, 0) is 68.3 Å². The van der Waals surface area contributed by atoms with Gasteiger partial charge in [-0.3, -0.25) is 4.79 Å². The minimum Gasteiger partial charge on any atom is -0.494 e. The van der Waals surface area contributed by atoms with Gasteiger partial charge >= 0.3 is 0 Å². The Hall–Kier alpha value is -2.54. The molecule has 0 radical (unpaired) electrons. The molecule has 0 spiro atoms. The van der Waals surface area contributed by atoms with Gasteiger partial charge < -0.3 is 14.8 Å². The van der Waals surface area contributed by atoms with Crippen LogP contribution in [0.2, 0.25) is 0 Å². The number of amides is 1. The van der Waals surface area contributed by atoms with Crippen molar-refractivity contribution in [2.24, 2.45) is 0 Å². The predicted molar refractivity (Wildman–Crippen MR) is 108 cm³/mol. The molecule has 0 aliphatic heterocycles. The minimum atomic E-state index is -3.29. The Morgan fingerprint density at radius 1 is 0.964 bits per heavy atom. The lowest BCUT2D eigenvalue weighted by Crippen LogP contribution is -2.20. The van der Waals surface area contributed by atoms with Gasteiger partial charge in [0, 0.05) is 5.69 Å². The second-order valence-corrected chi connectivity index (χ2v) is 8.95. The van der Waals surface area contributed by atoms with Gasteiger partial charge in [-0.1, -0.05) is 12.8 Å². The van der Waals surface area contributed by atoms with E-state index in [4.69, 9.17) is 9.47 Å². The van der Waals surface area contributed by atoms with E-state index in [1.165, 1.54) is 0 Å². The van der Waals surface area contributed by atoms with E-state index < -0.39 is 9.84 Å². The van der Waals surface area contributed by atoms with Gasteiger partial charge in [0.1, 0.15) is 11.5 Å². The summed E-state index contributed by atoms with van der Waals surface area (Å²) in [7, 11) is -3.29. The second kappa shape index (κ2) is 9.10. The van der Waals surface area contributed by atoms with Crippen LogP contribution in [0.25, 0.3) is 0 Å². The normalized spacial score (nSPS) is 14.6. The fourth-order valence-corrected chi connectivity index (χ4v) is 5.12. The van der Waals surface area contributed by atoms with E-state index in [9.17, 15) is 13.2 Å². The molecule has 150 valence electrons. The van der Waals surface area contributed by atoms with E-state index >= 15 is 0 Å². The number of anilines is 1. The molecule has 1 fully saturated rings. The zero-order valence-electron chi connectivity index (χ0n) is 15.9. The van der Waals surface area contributed by atoms with Crippen LogP contribution in [0, 0.1) is 0 Å². The van der Waals surface area contributed by atoms with Gasteiger partial charge in [0.05, 0.1) is 16.8 Å². The summed E-state index contributed by atoms with van der Waals surface area (Å²) in [4.78, 5) is 12.4. The SMILES string of the molecule is CCOc1ccc(OCC(=O)Nc2ccc(S(=O)(=O)C3CCCC3)cc2)cc1. The number of benzene rings is 2. The lowest BCUT2D eigenvalue weighted by atomic mass is 10.3. The van der Waals surface area contributed by atoms with Crippen LogP contribution >= 0.6 is 0 Å². The second-order valence-electron chi connectivity index (χ2n) is 6.72. The lowest BCUT2D eigenvalue weighted by Gasteiger charge is -2.12. The first-order valence-electron chi connectivity index (χ1n) is 9.48. The molecule has 0 heterocycles. The Morgan fingerprint density at radius 2 is 1.54 bits per heavy atom. The van der Waals surface area contributed by atoms with Crippen LogP contribution in [0.4, 0.5) is 5.69 Å². The smallest absolute Gasteiger partial charge is 0.262 e. The molecular weight excluding hydrogens is 378 g/mol. The summed E-state index contributed by atoms with van der Waals surface area (Å²) in [6.45, 7) is 2.35. The summed E-state index contributed by atoms with van der Waals surface area (Å²) < 4.78 is 36.0. The Bertz CT molecular complexity index is 885. The van der Waals surface area contributed by atoms with Crippen molar-refractivity contribution >= 4 is 21.4 Å². The number of rotatable bonds is 8. The molecule has 0 saturated heterocycles. The van der Waals surface area contributed by atoms with Crippen LogP contribution in [0.1, 0.15) is 32.6 Å². The van der Waals surface area contributed by atoms with E-state index in [1.54, 1.807) is 48.5 Å². The number of nitrogens with one attached hydrogen (secondary N) is 1. The van der Waals surface area contributed by atoms with Gasteiger partial charge in [-0.15, -0.1) is 0 Å². The zero-order valence-corrected chi connectivity index (χ0v) is 16.7. The number of ether oxygens (including phenoxy) is 2. The minimum absolute atomic E-state index is 0.143. The van der Waals surface area contributed by atoms with E-state index in [0.29, 0.717) is 22.9 Å².